The highest BCUT2D eigenvalue weighted by atomic mass is 35.5. The second kappa shape index (κ2) is 7.78. The number of halogens is 1. The Labute approximate surface area is 195 Å². The summed E-state index contributed by atoms with van der Waals surface area (Å²) in [6, 6.07) is 11.1. The molecule has 1 spiro atoms. The number of benzene rings is 2. The second-order valence-electron chi connectivity index (χ2n) is 8.11. The van der Waals surface area contributed by atoms with Crippen molar-refractivity contribution in [2.45, 2.75) is 18.9 Å². The number of aromatic nitrogens is 1. The van der Waals surface area contributed by atoms with Crippen LogP contribution < -0.4 is 19.5 Å². The molecule has 0 amide bonds. The third-order valence-corrected chi connectivity index (χ3v) is 6.61. The molecular formula is C25H21ClN2O5. The maximum Gasteiger partial charge on any atom is 0.236 e. The Morgan fingerprint density at radius 2 is 1.94 bits per heavy atom. The van der Waals surface area contributed by atoms with Gasteiger partial charge in [-0.25, -0.2) is 0 Å². The monoisotopic (exact) mass is 464 g/mol. The number of hydrogen-bond donors (Lipinski definition) is 1. The summed E-state index contributed by atoms with van der Waals surface area (Å²) in [5, 5.41) is 4.41. The second-order valence-corrected chi connectivity index (χ2v) is 8.48. The molecule has 33 heavy (non-hydrogen) atoms. The fraction of sp³-hybridized carbons (Fsp3) is 0.240. The fourth-order valence-electron chi connectivity index (χ4n) is 4.60. The van der Waals surface area contributed by atoms with Gasteiger partial charge < -0.3 is 19.5 Å². The molecule has 0 fully saturated rings. The largest absolute Gasteiger partial charge is 0.496 e. The van der Waals surface area contributed by atoms with E-state index in [1.165, 1.54) is 26.4 Å². The van der Waals surface area contributed by atoms with Crippen LogP contribution in [0.15, 0.2) is 54.4 Å². The summed E-state index contributed by atoms with van der Waals surface area (Å²) in [7, 11) is 2.89. The van der Waals surface area contributed by atoms with Crippen molar-refractivity contribution in [2.75, 3.05) is 19.5 Å². The van der Waals surface area contributed by atoms with Gasteiger partial charge in [-0.1, -0.05) is 24.6 Å². The van der Waals surface area contributed by atoms with E-state index in [4.69, 9.17) is 25.8 Å². The van der Waals surface area contributed by atoms with Gasteiger partial charge in [0.25, 0.3) is 0 Å². The first kappa shape index (κ1) is 21.3. The van der Waals surface area contributed by atoms with Crippen LogP contribution in [0.5, 0.6) is 17.2 Å². The lowest BCUT2D eigenvalue weighted by Crippen LogP contribution is -2.55. The minimum Gasteiger partial charge on any atom is -0.496 e. The van der Waals surface area contributed by atoms with Crippen LogP contribution in [0.1, 0.15) is 23.7 Å². The van der Waals surface area contributed by atoms with Crippen LogP contribution in [0.4, 0.5) is 5.69 Å². The smallest absolute Gasteiger partial charge is 0.236 e. The third-order valence-electron chi connectivity index (χ3n) is 6.25. The molecule has 1 N–H and O–H groups in total. The molecular weight excluding hydrogens is 444 g/mol. The Morgan fingerprint density at radius 1 is 1.15 bits per heavy atom. The Morgan fingerprint density at radius 3 is 2.67 bits per heavy atom. The van der Waals surface area contributed by atoms with Crippen LogP contribution in [0.3, 0.4) is 0 Å². The molecule has 2 unspecified atom stereocenters. The van der Waals surface area contributed by atoms with E-state index in [1.54, 1.807) is 6.20 Å². The third kappa shape index (κ3) is 3.07. The zero-order chi connectivity index (χ0) is 23.3. The average Bonchev–Trinajstić information content (AvgIpc) is 3.13. The van der Waals surface area contributed by atoms with Crippen LogP contribution in [0, 0.1) is 5.92 Å². The maximum atomic E-state index is 13.6. The van der Waals surface area contributed by atoms with E-state index in [0.717, 1.165) is 16.6 Å². The first-order chi connectivity index (χ1) is 15.9. The summed E-state index contributed by atoms with van der Waals surface area (Å²) in [6.45, 7) is 1.82. The quantitative estimate of drug-likeness (QED) is 0.553. The van der Waals surface area contributed by atoms with Crippen LogP contribution in [-0.4, -0.2) is 36.4 Å². The number of carbonyl (C=O) groups excluding carboxylic acids is 2. The molecule has 2 heterocycles. The Kier molecular flexibility index (Phi) is 5.01. The van der Waals surface area contributed by atoms with E-state index in [9.17, 15) is 9.59 Å². The van der Waals surface area contributed by atoms with E-state index in [-0.39, 0.29) is 22.1 Å². The van der Waals surface area contributed by atoms with E-state index in [1.807, 2.05) is 37.3 Å². The molecule has 0 bridgehead atoms. The maximum absolute atomic E-state index is 13.6. The molecule has 7 nitrogen and oxygen atoms in total. The highest BCUT2D eigenvalue weighted by Crippen LogP contribution is 2.53. The van der Waals surface area contributed by atoms with E-state index >= 15 is 0 Å². The van der Waals surface area contributed by atoms with Gasteiger partial charge in [-0.15, -0.1) is 0 Å². The number of ether oxygens (including phenoxy) is 3. The molecule has 0 saturated carbocycles. The number of pyridine rings is 1. The summed E-state index contributed by atoms with van der Waals surface area (Å²) in [5.74, 6) is -0.693. The van der Waals surface area contributed by atoms with Gasteiger partial charge in [0, 0.05) is 41.0 Å². The number of fused-ring (bicyclic) bond motifs is 2. The number of Topliss-reactive ketones (excluding diaryl/α,β-unsaturated/α-hetero) is 1. The summed E-state index contributed by atoms with van der Waals surface area (Å²) >= 11 is 6.44. The summed E-state index contributed by atoms with van der Waals surface area (Å²) < 4.78 is 16.8. The fourth-order valence-corrected chi connectivity index (χ4v) is 4.87. The number of nitrogens with one attached hydrogen (secondary N) is 1. The average molecular weight is 465 g/mol. The van der Waals surface area contributed by atoms with Gasteiger partial charge in [0.2, 0.25) is 17.2 Å². The Hall–Kier alpha value is -3.58. The molecule has 0 saturated heterocycles. The minimum absolute atomic E-state index is 0.114. The van der Waals surface area contributed by atoms with Crippen molar-refractivity contribution in [3.8, 4) is 17.2 Å². The van der Waals surface area contributed by atoms with E-state index < -0.39 is 23.1 Å². The number of hydrogen-bond acceptors (Lipinski definition) is 7. The van der Waals surface area contributed by atoms with Gasteiger partial charge in [0.05, 0.1) is 19.7 Å². The van der Waals surface area contributed by atoms with Gasteiger partial charge in [-0.3, -0.25) is 14.6 Å². The summed E-state index contributed by atoms with van der Waals surface area (Å²) in [4.78, 5) is 31.4. The molecule has 2 aliphatic rings. The van der Waals surface area contributed by atoms with E-state index in [0.29, 0.717) is 17.9 Å². The molecule has 3 aromatic rings. The molecule has 5 rings (SSSR count). The van der Waals surface area contributed by atoms with Gasteiger partial charge in [-0.2, -0.15) is 0 Å². The zero-order valence-corrected chi connectivity index (χ0v) is 19.0. The van der Waals surface area contributed by atoms with Gasteiger partial charge in [-0.05, 0) is 30.7 Å². The highest BCUT2D eigenvalue weighted by Gasteiger charge is 2.60. The predicted octanol–water partition coefficient (Wildman–Crippen LogP) is 4.82. The first-order valence-corrected chi connectivity index (χ1v) is 10.8. The molecule has 2 atom stereocenters. The van der Waals surface area contributed by atoms with Crippen molar-refractivity contribution in [3.05, 3.63) is 65.0 Å². The number of rotatable bonds is 4. The number of allylic oxidation sites excluding steroid dienone is 1. The van der Waals surface area contributed by atoms with Crippen molar-refractivity contribution in [3.63, 3.8) is 0 Å². The van der Waals surface area contributed by atoms with Crippen LogP contribution in [0.2, 0.25) is 5.02 Å². The van der Waals surface area contributed by atoms with Crippen molar-refractivity contribution in [1.29, 1.82) is 0 Å². The van der Waals surface area contributed by atoms with Gasteiger partial charge in [0.15, 0.2) is 5.75 Å². The number of carbonyl (C=O) groups is 2. The molecule has 0 radical (unpaired) electrons. The normalized spacial score (nSPS) is 21.6. The molecule has 2 aromatic carbocycles. The first-order valence-electron chi connectivity index (χ1n) is 10.4. The van der Waals surface area contributed by atoms with Crippen LogP contribution in [0.25, 0.3) is 10.9 Å². The van der Waals surface area contributed by atoms with Crippen molar-refractivity contribution in [2.24, 2.45) is 5.92 Å². The molecule has 8 heteroatoms. The molecule has 1 aliphatic heterocycles. The van der Waals surface area contributed by atoms with Crippen molar-refractivity contribution < 1.29 is 23.8 Å². The number of anilines is 1. The van der Waals surface area contributed by atoms with Crippen LogP contribution >= 0.6 is 11.6 Å². The van der Waals surface area contributed by atoms with E-state index in [2.05, 4.69) is 10.3 Å². The zero-order valence-electron chi connectivity index (χ0n) is 18.3. The SMILES string of the molecule is COc1cc(OC)c2c(c1Cl)OC1(C(=O)C=C(Nc3cccc4ncccc34)CC1C)C2=O. The lowest BCUT2D eigenvalue weighted by Gasteiger charge is -2.35. The topological polar surface area (TPSA) is 86.8 Å². The number of nitrogens with zero attached hydrogens (tertiary/aromatic N) is 1. The Bertz CT molecular complexity index is 1350. The standard InChI is InChI=1S/C25H21ClN2O5/c1-13-10-14(28-17-8-4-7-16-15(17)6-5-9-27-16)11-20(29)25(13)24(30)21-18(31-2)12-19(32-3)22(26)23(21)33-25/h4-9,11-13,28H,10H2,1-3H3. The van der Waals surface area contributed by atoms with Crippen LogP contribution in [-0.2, 0) is 4.79 Å². The minimum atomic E-state index is -1.70. The Balaban J connectivity index is 1.53. The molecule has 168 valence electrons. The van der Waals surface area contributed by atoms with Gasteiger partial charge in [0.1, 0.15) is 22.1 Å². The summed E-state index contributed by atoms with van der Waals surface area (Å²) in [6.07, 6.45) is 3.59. The summed E-state index contributed by atoms with van der Waals surface area (Å²) in [5.41, 5.74) is 0.831. The number of ketones is 2. The van der Waals surface area contributed by atoms with Gasteiger partial charge >= 0.3 is 0 Å². The molecule has 1 aliphatic carbocycles. The lowest BCUT2D eigenvalue weighted by molar-refractivity contribution is -0.129. The predicted molar refractivity (Wildman–Crippen MR) is 124 cm³/mol. The number of methoxy groups -OCH3 is 2. The van der Waals surface area contributed by atoms with Crippen molar-refractivity contribution in [1.82, 2.24) is 4.98 Å². The highest BCUT2D eigenvalue weighted by molar-refractivity contribution is 6.36. The van der Waals surface area contributed by atoms with Crippen molar-refractivity contribution >= 4 is 39.8 Å². The lowest BCUT2D eigenvalue weighted by atomic mass is 9.74. The molecule has 1 aromatic heterocycles.